The summed E-state index contributed by atoms with van der Waals surface area (Å²) in [7, 11) is 0. The van der Waals surface area contributed by atoms with Crippen molar-refractivity contribution in [1.29, 1.82) is 0 Å². The van der Waals surface area contributed by atoms with E-state index in [2.05, 4.69) is 0 Å². The van der Waals surface area contributed by atoms with E-state index in [0.717, 1.165) is 43.4 Å². The predicted octanol–water partition coefficient (Wildman–Crippen LogP) is 3.25. The summed E-state index contributed by atoms with van der Waals surface area (Å²) in [4.78, 5) is 14.7. The Hall–Kier alpha value is -0.770. The molecule has 0 spiro atoms. The molecule has 1 aromatic rings. The third-order valence-corrected chi connectivity index (χ3v) is 5.72. The Morgan fingerprint density at radius 2 is 2.14 bits per heavy atom. The highest BCUT2D eigenvalue weighted by Crippen LogP contribution is 2.36. The van der Waals surface area contributed by atoms with Crippen molar-refractivity contribution in [2.24, 2.45) is 17.6 Å². The molecule has 1 aliphatic heterocycles. The molecule has 2 aliphatic rings. The van der Waals surface area contributed by atoms with E-state index in [1.165, 1.54) is 0 Å². The molecular weight excluding hydrogens is 307 g/mol. The van der Waals surface area contributed by atoms with Gasteiger partial charge in [0.15, 0.2) is 0 Å². The van der Waals surface area contributed by atoms with Crippen LogP contribution in [0.2, 0.25) is 10.0 Å². The standard InChI is InChI=1S/C16H20Cl2N2O/c17-14-5-4-11-9-20(7-6-12(11)15(14)18)16(21)13-3-1-2-10(13)8-19/h4-5,10,13H,1-3,6-9,19H2/t10-,13-/m1/s1. The van der Waals surface area contributed by atoms with Crippen molar-refractivity contribution in [3.05, 3.63) is 33.3 Å². The third-order valence-electron chi connectivity index (χ3n) is 4.88. The second kappa shape index (κ2) is 6.15. The van der Waals surface area contributed by atoms with Gasteiger partial charge in [-0.2, -0.15) is 0 Å². The zero-order valence-electron chi connectivity index (χ0n) is 11.9. The average molecular weight is 327 g/mol. The van der Waals surface area contributed by atoms with Crippen LogP contribution in [-0.2, 0) is 17.8 Å². The van der Waals surface area contributed by atoms with Gasteiger partial charge in [-0.25, -0.2) is 0 Å². The van der Waals surface area contributed by atoms with Crippen LogP contribution in [0, 0.1) is 11.8 Å². The number of nitrogens with zero attached hydrogens (tertiary/aromatic N) is 1. The first-order chi connectivity index (χ1) is 10.1. The van der Waals surface area contributed by atoms with Gasteiger partial charge in [-0.15, -0.1) is 0 Å². The number of carbonyl (C=O) groups excluding carboxylic acids is 1. The summed E-state index contributed by atoms with van der Waals surface area (Å²) >= 11 is 12.3. The van der Waals surface area contributed by atoms with E-state index in [1.807, 2.05) is 17.0 Å². The van der Waals surface area contributed by atoms with E-state index in [1.54, 1.807) is 0 Å². The number of fused-ring (bicyclic) bond motifs is 1. The van der Waals surface area contributed by atoms with Crippen molar-refractivity contribution in [3.8, 4) is 0 Å². The fourth-order valence-corrected chi connectivity index (χ4v) is 4.11. The van der Waals surface area contributed by atoms with E-state index in [-0.39, 0.29) is 11.8 Å². The van der Waals surface area contributed by atoms with Gasteiger partial charge in [-0.3, -0.25) is 4.79 Å². The normalized spacial score (nSPS) is 25.0. The van der Waals surface area contributed by atoms with Crippen LogP contribution < -0.4 is 5.73 Å². The first kappa shape index (κ1) is 15.1. The lowest BCUT2D eigenvalue weighted by Crippen LogP contribution is -2.41. The van der Waals surface area contributed by atoms with Gasteiger partial charge in [0.1, 0.15) is 0 Å². The van der Waals surface area contributed by atoms with Gasteiger partial charge >= 0.3 is 0 Å². The molecule has 1 amide bonds. The van der Waals surface area contributed by atoms with E-state index in [0.29, 0.717) is 29.1 Å². The summed E-state index contributed by atoms with van der Waals surface area (Å²) in [5.41, 5.74) is 8.01. The average Bonchev–Trinajstić information content (AvgIpc) is 2.98. The number of hydrogen-bond donors (Lipinski definition) is 1. The van der Waals surface area contributed by atoms with Gasteiger partial charge in [0.25, 0.3) is 0 Å². The Kier molecular flexibility index (Phi) is 4.43. The molecule has 0 radical (unpaired) electrons. The van der Waals surface area contributed by atoms with Crippen LogP contribution in [0.4, 0.5) is 0 Å². The lowest BCUT2D eigenvalue weighted by atomic mass is 9.92. The molecule has 1 saturated carbocycles. The maximum Gasteiger partial charge on any atom is 0.226 e. The van der Waals surface area contributed by atoms with Crippen LogP contribution in [0.15, 0.2) is 12.1 Å². The van der Waals surface area contributed by atoms with Crippen LogP contribution in [-0.4, -0.2) is 23.9 Å². The van der Waals surface area contributed by atoms with E-state index in [4.69, 9.17) is 28.9 Å². The zero-order valence-corrected chi connectivity index (χ0v) is 13.5. The lowest BCUT2D eigenvalue weighted by molar-refractivity contribution is -0.137. The minimum Gasteiger partial charge on any atom is -0.338 e. The first-order valence-corrected chi connectivity index (χ1v) is 8.32. The van der Waals surface area contributed by atoms with Crippen LogP contribution in [0.5, 0.6) is 0 Å². The monoisotopic (exact) mass is 326 g/mol. The molecule has 0 saturated heterocycles. The highest BCUT2D eigenvalue weighted by molar-refractivity contribution is 6.42. The molecule has 21 heavy (non-hydrogen) atoms. The van der Waals surface area contributed by atoms with Gasteiger partial charge in [0.2, 0.25) is 5.91 Å². The number of benzene rings is 1. The van der Waals surface area contributed by atoms with E-state index in [9.17, 15) is 4.79 Å². The fraction of sp³-hybridized carbons (Fsp3) is 0.562. The van der Waals surface area contributed by atoms with Crippen molar-refractivity contribution in [3.63, 3.8) is 0 Å². The van der Waals surface area contributed by atoms with Crippen molar-refractivity contribution < 1.29 is 4.79 Å². The molecule has 2 N–H and O–H groups in total. The summed E-state index contributed by atoms with van der Waals surface area (Å²) < 4.78 is 0. The number of amides is 1. The van der Waals surface area contributed by atoms with E-state index < -0.39 is 0 Å². The van der Waals surface area contributed by atoms with Crippen molar-refractivity contribution >= 4 is 29.1 Å². The molecule has 0 aromatic heterocycles. The molecule has 0 unspecified atom stereocenters. The van der Waals surface area contributed by atoms with Gasteiger partial charge in [-0.05, 0) is 48.9 Å². The van der Waals surface area contributed by atoms with Crippen molar-refractivity contribution in [2.75, 3.05) is 13.1 Å². The summed E-state index contributed by atoms with van der Waals surface area (Å²) in [6, 6.07) is 3.80. The number of nitrogens with two attached hydrogens (primary N) is 1. The third kappa shape index (κ3) is 2.79. The Bertz CT molecular complexity index is 561. The van der Waals surface area contributed by atoms with Gasteiger partial charge in [0, 0.05) is 19.0 Å². The Balaban J connectivity index is 1.77. The highest BCUT2D eigenvalue weighted by atomic mass is 35.5. The second-order valence-electron chi connectivity index (χ2n) is 6.04. The fourth-order valence-electron chi connectivity index (χ4n) is 3.65. The topological polar surface area (TPSA) is 46.3 Å². The van der Waals surface area contributed by atoms with E-state index >= 15 is 0 Å². The number of halogens is 2. The van der Waals surface area contributed by atoms with Gasteiger partial charge in [0.05, 0.1) is 10.0 Å². The Morgan fingerprint density at radius 3 is 2.90 bits per heavy atom. The number of hydrogen-bond acceptors (Lipinski definition) is 2. The molecule has 114 valence electrons. The quantitative estimate of drug-likeness (QED) is 0.906. The molecule has 1 aliphatic carbocycles. The van der Waals surface area contributed by atoms with Crippen molar-refractivity contribution in [2.45, 2.75) is 32.2 Å². The Morgan fingerprint density at radius 1 is 1.33 bits per heavy atom. The summed E-state index contributed by atoms with van der Waals surface area (Å²) in [6.45, 7) is 1.97. The number of carbonyl (C=O) groups is 1. The first-order valence-electron chi connectivity index (χ1n) is 7.56. The summed E-state index contributed by atoms with van der Waals surface area (Å²) in [6.07, 6.45) is 3.95. The molecular formula is C16H20Cl2N2O. The van der Waals surface area contributed by atoms with Gasteiger partial charge < -0.3 is 10.6 Å². The molecule has 1 heterocycles. The molecule has 0 bridgehead atoms. The van der Waals surface area contributed by atoms with Crippen LogP contribution in [0.3, 0.4) is 0 Å². The van der Waals surface area contributed by atoms with Gasteiger partial charge in [-0.1, -0.05) is 35.7 Å². The maximum absolute atomic E-state index is 12.7. The number of rotatable bonds is 2. The highest BCUT2D eigenvalue weighted by Gasteiger charge is 2.35. The molecule has 5 heteroatoms. The molecule has 3 rings (SSSR count). The lowest BCUT2D eigenvalue weighted by Gasteiger charge is -2.33. The second-order valence-corrected chi connectivity index (χ2v) is 6.83. The minimum atomic E-state index is 0.110. The Labute approximate surface area is 135 Å². The summed E-state index contributed by atoms with van der Waals surface area (Å²) in [5, 5.41) is 1.23. The SMILES string of the molecule is NC[C@H]1CCC[C@H]1C(=O)N1CCc2c(ccc(Cl)c2Cl)C1. The maximum atomic E-state index is 12.7. The van der Waals surface area contributed by atoms with Crippen LogP contribution in [0.25, 0.3) is 0 Å². The summed E-state index contributed by atoms with van der Waals surface area (Å²) in [5.74, 6) is 0.728. The molecule has 1 fully saturated rings. The molecule has 3 nitrogen and oxygen atoms in total. The molecule has 2 atom stereocenters. The minimum absolute atomic E-state index is 0.110. The zero-order chi connectivity index (χ0) is 15.0. The van der Waals surface area contributed by atoms with Crippen LogP contribution in [0.1, 0.15) is 30.4 Å². The molecule has 1 aromatic carbocycles. The smallest absolute Gasteiger partial charge is 0.226 e. The van der Waals surface area contributed by atoms with Crippen molar-refractivity contribution in [1.82, 2.24) is 4.90 Å². The predicted molar refractivity (Wildman–Crippen MR) is 85.5 cm³/mol. The van der Waals surface area contributed by atoms with Crippen LogP contribution >= 0.6 is 23.2 Å². The largest absolute Gasteiger partial charge is 0.338 e.